The molecule has 2 rings (SSSR count). The van der Waals surface area contributed by atoms with Crippen LogP contribution < -0.4 is 0 Å². The van der Waals surface area contributed by atoms with E-state index in [4.69, 9.17) is 0 Å². The molecule has 0 radical (unpaired) electrons. The molecule has 0 aliphatic rings. The zero-order valence-electron chi connectivity index (χ0n) is 8.76. The third-order valence-corrected chi connectivity index (χ3v) is 4.35. The van der Waals surface area contributed by atoms with Gasteiger partial charge in [-0.2, -0.15) is 0 Å². The van der Waals surface area contributed by atoms with Crippen molar-refractivity contribution >= 4 is 33.2 Å². The van der Waals surface area contributed by atoms with E-state index in [1.54, 1.807) is 0 Å². The van der Waals surface area contributed by atoms with Crippen molar-refractivity contribution in [3.8, 4) is 0 Å². The van der Waals surface area contributed by atoms with E-state index in [9.17, 15) is 0 Å². The van der Waals surface area contributed by atoms with E-state index < -0.39 is 0 Å². The molecule has 0 amide bonds. The fourth-order valence-electron chi connectivity index (χ4n) is 1.78. The molecule has 14 heavy (non-hydrogen) atoms. The highest BCUT2D eigenvalue weighted by Crippen LogP contribution is 2.35. The molecule has 1 aromatic heterocycles. The Morgan fingerprint density at radius 1 is 1.36 bits per heavy atom. The SMILES string of the molecule is CCc1ccc2sc(C)cc2c1SC. The average molecular weight is 222 g/mol. The number of fused-ring (bicyclic) bond motifs is 1. The Bertz CT molecular complexity index is 455. The van der Waals surface area contributed by atoms with Gasteiger partial charge >= 0.3 is 0 Å². The van der Waals surface area contributed by atoms with Crippen molar-refractivity contribution in [1.29, 1.82) is 0 Å². The highest BCUT2D eigenvalue weighted by molar-refractivity contribution is 7.98. The Hall–Kier alpha value is -0.470. The van der Waals surface area contributed by atoms with E-state index in [2.05, 4.69) is 38.3 Å². The van der Waals surface area contributed by atoms with Gasteiger partial charge in [0.15, 0.2) is 0 Å². The van der Waals surface area contributed by atoms with Crippen molar-refractivity contribution in [2.24, 2.45) is 0 Å². The number of hydrogen-bond donors (Lipinski definition) is 0. The van der Waals surface area contributed by atoms with Gasteiger partial charge in [0.25, 0.3) is 0 Å². The molecule has 2 aromatic rings. The zero-order valence-corrected chi connectivity index (χ0v) is 10.4. The molecule has 0 spiro atoms. The monoisotopic (exact) mass is 222 g/mol. The second-order valence-electron chi connectivity index (χ2n) is 3.38. The predicted molar refractivity (Wildman–Crippen MR) is 67.7 cm³/mol. The fourth-order valence-corrected chi connectivity index (χ4v) is 3.64. The minimum absolute atomic E-state index is 1.13. The number of benzene rings is 1. The lowest BCUT2D eigenvalue weighted by molar-refractivity contribution is 1.10. The lowest BCUT2D eigenvalue weighted by Gasteiger charge is -2.05. The molecular weight excluding hydrogens is 208 g/mol. The van der Waals surface area contributed by atoms with Crippen molar-refractivity contribution in [3.63, 3.8) is 0 Å². The van der Waals surface area contributed by atoms with Crippen molar-refractivity contribution in [1.82, 2.24) is 0 Å². The van der Waals surface area contributed by atoms with Gasteiger partial charge < -0.3 is 0 Å². The first-order valence-electron chi connectivity index (χ1n) is 4.82. The van der Waals surface area contributed by atoms with Crippen molar-refractivity contribution in [3.05, 3.63) is 28.6 Å². The summed E-state index contributed by atoms with van der Waals surface area (Å²) >= 11 is 3.76. The van der Waals surface area contributed by atoms with Gasteiger partial charge in [-0.1, -0.05) is 13.0 Å². The summed E-state index contributed by atoms with van der Waals surface area (Å²) in [7, 11) is 0. The van der Waals surface area contributed by atoms with Gasteiger partial charge in [0.2, 0.25) is 0 Å². The number of rotatable bonds is 2. The molecule has 0 aliphatic heterocycles. The van der Waals surface area contributed by atoms with E-state index in [1.165, 1.54) is 25.4 Å². The Morgan fingerprint density at radius 2 is 2.14 bits per heavy atom. The number of hydrogen-bond acceptors (Lipinski definition) is 2. The van der Waals surface area contributed by atoms with Crippen molar-refractivity contribution in [2.45, 2.75) is 25.2 Å². The van der Waals surface area contributed by atoms with Crippen molar-refractivity contribution < 1.29 is 0 Å². The average Bonchev–Trinajstić information content (AvgIpc) is 2.56. The maximum atomic E-state index is 2.31. The number of thioether (sulfide) groups is 1. The van der Waals surface area contributed by atoms with Crippen LogP contribution in [0, 0.1) is 6.92 Å². The molecule has 0 saturated carbocycles. The first kappa shape index (κ1) is 10.1. The molecule has 0 bridgehead atoms. The van der Waals surface area contributed by atoms with Gasteiger partial charge in [-0.25, -0.2) is 0 Å². The Kier molecular flexibility index (Phi) is 2.84. The van der Waals surface area contributed by atoms with Crippen LogP contribution in [0.2, 0.25) is 0 Å². The van der Waals surface area contributed by atoms with Crippen LogP contribution in [0.3, 0.4) is 0 Å². The molecule has 0 nitrogen and oxygen atoms in total. The largest absolute Gasteiger partial charge is 0.141 e. The zero-order chi connectivity index (χ0) is 10.1. The van der Waals surface area contributed by atoms with Gasteiger partial charge in [-0.3, -0.25) is 0 Å². The molecule has 1 heterocycles. The van der Waals surface area contributed by atoms with E-state index in [1.807, 2.05) is 23.1 Å². The lowest BCUT2D eigenvalue weighted by atomic mass is 10.1. The molecule has 74 valence electrons. The molecule has 1 aromatic carbocycles. The predicted octanol–water partition coefficient (Wildman–Crippen LogP) is 4.49. The Labute approximate surface area is 93.3 Å². The fraction of sp³-hybridized carbons (Fsp3) is 0.333. The minimum Gasteiger partial charge on any atom is -0.141 e. The topological polar surface area (TPSA) is 0 Å². The minimum atomic E-state index is 1.13. The van der Waals surface area contributed by atoms with Crippen LogP contribution in [0.1, 0.15) is 17.4 Å². The third kappa shape index (κ3) is 1.57. The summed E-state index contributed by atoms with van der Waals surface area (Å²) in [6.45, 7) is 4.40. The summed E-state index contributed by atoms with van der Waals surface area (Å²) in [5.74, 6) is 0. The highest BCUT2D eigenvalue weighted by Gasteiger charge is 2.07. The van der Waals surface area contributed by atoms with Gasteiger partial charge in [0.1, 0.15) is 0 Å². The quantitative estimate of drug-likeness (QED) is 0.674. The van der Waals surface area contributed by atoms with Gasteiger partial charge in [0.05, 0.1) is 0 Å². The molecule has 0 atom stereocenters. The first-order chi connectivity index (χ1) is 6.76. The van der Waals surface area contributed by atoms with E-state index in [0.717, 1.165) is 6.42 Å². The maximum Gasteiger partial charge on any atom is 0.0357 e. The molecule has 0 aliphatic carbocycles. The van der Waals surface area contributed by atoms with Crippen LogP contribution in [-0.4, -0.2) is 6.26 Å². The normalized spacial score (nSPS) is 11.1. The van der Waals surface area contributed by atoms with Crippen LogP contribution in [0.25, 0.3) is 10.1 Å². The summed E-state index contributed by atoms with van der Waals surface area (Å²) < 4.78 is 1.42. The smallest absolute Gasteiger partial charge is 0.0357 e. The first-order valence-corrected chi connectivity index (χ1v) is 6.86. The molecule has 2 heteroatoms. The summed E-state index contributed by atoms with van der Waals surface area (Å²) in [6, 6.07) is 6.83. The van der Waals surface area contributed by atoms with Crippen LogP contribution in [-0.2, 0) is 6.42 Å². The van der Waals surface area contributed by atoms with E-state index in [-0.39, 0.29) is 0 Å². The second kappa shape index (κ2) is 3.95. The van der Waals surface area contributed by atoms with E-state index in [0.29, 0.717) is 0 Å². The number of aryl methyl sites for hydroxylation is 2. The van der Waals surface area contributed by atoms with Gasteiger partial charge in [-0.05, 0) is 37.3 Å². The van der Waals surface area contributed by atoms with Crippen molar-refractivity contribution in [2.75, 3.05) is 6.26 Å². The Morgan fingerprint density at radius 3 is 2.79 bits per heavy atom. The molecule has 0 unspecified atom stereocenters. The molecule has 0 saturated heterocycles. The maximum absolute atomic E-state index is 2.31. The van der Waals surface area contributed by atoms with Crippen LogP contribution in [0.4, 0.5) is 0 Å². The second-order valence-corrected chi connectivity index (χ2v) is 5.48. The number of thiophene rings is 1. The van der Waals surface area contributed by atoms with E-state index >= 15 is 0 Å². The molecular formula is C12H14S2. The van der Waals surface area contributed by atoms with Crippen LogP contribution in [0.5, 0.6) is 0 Å². The third-order valence-electron chi connectivity index (χ3n) is 2.44. The van der Waals surface area contributed by atoms with Crippen LogP contribution >= 0.6 is 23.1 Å². The Balaban J connectivity index is 2.75. The molecule has 0 fully saturated rings. The lowest BCUT2D eigenvalue weighted by Crippen LogP contribution is -1.84. The summed E-state index contributed by atoms with van der Waals surface area (Å²) in [6.07, 6.45) is 3.29. The standard InChI is InChI=1S/C12H14S2/c1-4-9-5-6-11-10(12(9)13-3)7-8(2)14-11/h5-7H,4H2,1-3H3. The molecule has 0 N–H and O–H groups in total. The van der Waals surface area contributed by atoms with Crippen LogP contribution in [0.15, 0.2) is 23.1 Å². The summed E-state index contributed by atoms with van der Waals surface area (Å²) in [4.78, 5) is 2.87. The van der Waals surface area contributed by atoms with Gasteiger partial charge in [-0.15, -0.1) is 23.1 Å². The highest BCUT2D eigenvalue weighted by atomic mass is 32.2. The van der Waals surface area contributed by atoms with Gasteiger partial charge in [0, 0.05) is 19.9 Å². The summed E-state index contributed by atoms with van der Waals surface area (Å²) in [5.41, 5.74) is 1.47. The summed E-state index contributed by atoms with van der Waals surface area (Å²) in [5, 5.41) is 1.44.